The van der Waals surface area contributed by atoms with Crippen LogP contribution in [-0.4, -0.2) is 34.7 Å². The Morgan fingerprint density at radius 2 is 2.08 bits per heavy atom. The van der Waals surface area contributed by atoms with E-state index < -0.39 is 0 Å². The quantitative estimate of drug-likeness (QED) is 0.728. The molecule has 0 unspecified atom stereocenters. The maximum atomic E-state index is 12.3. The summed E-state index contributed by atoms with van der Waals surface area (Å²) in [6.07, 6.45) is 1.65. The van der Waals surface area contributed by atoms with Gasteiger partial charge in [0, 0.05) is 36.1 Å². The molecule has 0 radical (unpaired) electrons. The molecule has 2 heterocycles. The molecule has 130 valence electrons. The van der Waals surface area contributed by atoms with Crippen LogP contribution in [0.4, 0.5) is 0 Å². The van der Waals surface area contributed by atoms with Gasteiger partial charge in [0.2, 0.25) is 0 Å². The number of hydrogen-bond acceptors (Lipinski definition) is 5. The lowest BCUT2D eigenvalue weighted by molar-refractivity contribution is 0.0945. The summed E-state index contributed by atoms with van der Waals surface area (Å²) in [5.41, 5.74) is 1.66. The summed E-state index contributed by atoms with van der Waals surface area (Å²) in [5.74, 6) is 0.905. The second-order valence-electron chi connectivity index (χ2n) is 5.49. The van der Waals surface area contributed by atoms with E-state index in [1.165, 1.54) is 10.6 Å². The summed E-state index contributed by atoms with van der Waals surface area (Å²) < 4.78 is 11.9. The fourth-order valence-corrected chi connectivity index (χ4v) is 2.50. The molecule has 0 spiro atoms. The molecule has 3 rings (SSSR count). The molecule has 8 nitrogen and oxygen atoms in total. The highest BCUT2D eigenvalue weighted by Crippen LogP contribution is 2.24. The smallest absolute Gasteiger partial charge is 0.274 e. The van der Waals surface area contributed by atoms with E-state index in [1.807, 2.05) is 6.07 Å². The summed E-state index contributed by atoms with van der Waals surface area (Å²) in [7, 11) is 3.12. The first-order valence-electron chi connectivity index (χ1n) is 7.60. The fraction of sp³-hybridized carbons (Fsp3) is 0.235. The maximum Gasteiger partial charge on any atom is 0.274 e. The summed E-state index contributed by atoms with van der Waals surface area (Å²) >= 11 is 0. The zero-order valence-corrected chi connectivity index (χ0v) is 14.1. The standard InChI is InChI=1S/C17H18N4O4/c1-10-9-21-14(17(23)19-10)7-13(20-21)16(22)18-8-11-4-5-12(24-2)6-15(11)25-3/h4-7,9H,8H2,1-3H3,(H,18,22)(H,19,23). The monoisotopic (exact) mass is 342 g/mol. The number of nitrogens with one attached hydrogen (secondary N) is 2. The van der Waals surface area contributed by atoms with Gasteiger partial charge < -0.3 is 19.8 Å². The van der Waals surface area contributed by atoms with Crippen molar-refractivity contribution in [2.24, 2.45) is 0 Å². The Morgan fingerprint density at radius 1 is 1.28 bits per heavy atom. The van der Waals surface area contributed by atoms with Gasteiger partial charge in [-0.1, -0.05) is 0 Å². The molecule has 0 saturated carbocycles. The van der Waals surface area contributed by atoms with Gasteiger partial charge in [-0.05, 0) is 19.1 Å². The predicted octanol–water partition coefficient (Wildman–Crippen LogP) is 1.28. The van der Waals surface area contributed by atoms with Gasteiger partial charge in [-0.25, -0.2) is 4.52 Å². The van der Waals surface area contributed by atoms with Crippen LogP contribution in [0.2, 0.25) is 0 Å². The van der Waals surface area contributed by atoms with E-state index in [9.17, 15) is 9.59 Å². The Bertz CT molecular complexity index is 990. The molecule has 3 aromatic rings. The number of H-pyrrole nitrogens is 1. The number of amides is 1. The number of aryl methyl sites for hydroxylation is 1. The van der Waals surface area contributed by atoms with E-state index in [4.69, 9.17) is 9.47 Å². The van der Waals surface area contributed by atoms with Crippen molar-refractivity contribution in [2.75, 3.05) is 14.2 Å². The molecule has 0 saturated heterocycles. The van der Waals surface area contributed by atoms with Crippen molar-refractivity contribution in [1.82, 2.24) is 19.9 Å². The highest BCUT2D eigenvalue weighted by molar-refractivity contribution is 5.93. The predicted molar refractivity (Wildman–Crippen MR) is 91.3 cm³/mol. The zero-order valence-electron chi connectivity index (χ0n) is 14.1. The van der Waals surface area contributed by atoms with Crippen LogP contribution < -0.4 is 20.3 Å². The minimum Gasteiger partial charge on any atom is -0.497 e. The number of carbonyl (C=O) groups is 1. The van der Waals surface area contributed by atoms with Crippen molar-refractivity contribution in [3.8, 4) is 11.5 Å². The molecule has 2 N–H and O–H groups in total. The van der Waals surface area contributed by atoms with E-state index in [0.717, 1.165) is 5.56 Å². The molecule has 0 atom stereocenters. The number of methoxy groups -OCH3 is 2. The lowest BCUT2D eigenvalue weighted by Crippen LogP contribution is -2.23. The van der Waals surface area contributed by atoms with Crippen molar-refractivity contribution in [1.29, 1.82) is 0 Å². The SMILES string of the molecule is COc1ccc(CNC(=O)c2cc3c(=O)[nH]c(C)cn3n2)c(OC)c1. The average Bonchev–Trinajstić information content (AvgIpc) is 3.03. The first-order chi connectivity index (χ1) is 12.0. The molecule has 0 aliphatic carbocycles. The van der Waals surface area contributed by atoms with Crippen molar-refractivity contribution >= 4 is 11.4 Å². The second kappa shape index (κ2) is 6.68. The Hall–Kier alpha value is -3.29. The van der Waals surface area contributed by atoms with Crippen molar-refractivity contribution in [3.05, 3.63) is 57.8 Å². The Kier molecular flexibility index (Phi) is 4.42. The van der Waals surface area contributed by atoms with Crippen molar-refractivity contribution < 1.29 is 14.3 Å². The van der Waals surface area contributed by atoms with E-state index in [2.05, 4.69) is 15.4 Å². The molecule has 0 fully saturated rings. The normalized spacial score (nSPS) is 10.7. The molecule has 0 bridgehead atoms. The Balaban J connectivity index is 1.79. The zero-order chi connectivity index (χ0) is 18.0. The lowest BCUT2D eigenvalue weighted by atomic mass is 10.2. The number of rotatable bonds is 5. The van der Waals surface area contributed by atoms with Crippen molar-refractivity contribution in [2.45, 2.75) is 13.5 Å². The summed E-state index contributed by atoms with van der Waals surface area (Å²) in [6.45, 7) is 2.01. The number of carbonyl (C=O) groups excluding carboxylic acids is 1. The maximum absolute atomic E-state index is 12.3. The van der Waals surface area contributed by atoms with Crippen LogP contribution in [0.3, 0.4) is 0 Å². The van der Waals surface area contributed by atoms with Crippen LogP contribution in [0.5, 0.6) is 11.5 Å². The van der Waals surface area contributed by atoms with E-state index in [-0.39, 0.29) is 23.7 Å². The topological polar surface area (TPSA) is 97.7 Å². The largest absolute Gasteiger partial charge is 0.497 e. The van der Waals surface area contributed by atoms with Gasteiger partial charge in [-0.2, -0.15) is 5.10 Å². The second-order valence-corrected chi connectivity index (χ2v) is 5.49. The number of fused-ring (bicyclic) bond motifs is 1. The van der Waals surface area contributed by atoms with Gasteiger partial charge >= 0.3 is 0 Å². The molecule has 0 aliphatic heterocycles. The average molecular weight is 342 g/mol. The highest BCUT2D eigenvalue weighted by Gasteiger charge is 2.14. The Morgan fingerprint density at radius 3 is 2.80 bits per heavy atom. The van der Waals surface area contributed by atoms with Crippen LogP contribution in [0.1, 0.15) is 21.7 Å². The number of nitrogens with zero attached hydrogens (tertiary/aromatic N) is 2. The van der Waals surface area contributed by atoms with Crippen LogP contribution >= 0.6 is 0 Å². The van der Waals surface area contributed by atoms with Crippen LogP contribution in [-0.2, 0) is 6.54 Å². The number of ether oxygens (including phenoxy) is 2. The molecule has 0 aliphatic rings. The van der Waals surface area contributed by atoms with E-state index in [1.54, 1.807) is 39.5 Å². The van der Waals surface area contributed by atoms with Crippen LogP contribution in [0.25, 0.3) is 5.52 Å². The minimum absolute atomic E-state index is 0.170. The van der Waals surface area contributed by atoms with Crippen molar-refractivity contribution in [3.63, 3.8) is 0 Å². The molecule has 2 aromatic heterocycles. The molecular weight excluding hydrogens is 324 g/mol. The molecule has 8 heteroatoms. The third kappa shape index (κ3) is 3.32. The first kappa shape index (κ1) is 16.6. The summed E-state index contributed by atoms with van der Waals surface area (Å²) in [5, 5.41) is 6.92. The van der Waals surface area contributed by atoms with Gasteiger partial charge in [-0.3, -0.25) is 9.59 Å². The fourth-order valence-electron chi connectivity index (χ4n) is 2.50. The number of aromatic amines is 1. The van der Waals surface area contributed by atoms with Gasteiger partial charge in [0.1, 0.15) is 17.0 Å². The third-order valence-electron chi connectivity index (χ3n) is 3.76. The van der Waals surface area contributed by atoms with Crippen LogP contribution in [0.15, 0.2) is 35.3 Å². The molecule has 25 heavy (non-hydrogen) atoms. The van der Waals surface area contributed by atoms with Gasteiger partial charge in [0.25, 0.3) is 11.5 Å². The van der Waals surface area contributed by atoms with Crippen LogP contribution in [0, 0.1) is 6.92 Å². The molecular formula is C17H18N4O4. The highest BCUT2D eigenvalue weighted by atomic mass is 16.5. The Labute approximate surface area is 143 Å². The van der Waals surface area contributed by atoms with Gasteiger partial charge in [0.05, 0.1) is 14.2 Å². The lowest BCUT2D eigenvalue weighted by Gasteiger charge is -2.10. The van der Waals surface area contributed by atoms with E-state index >= 15 is 0 Å². The summed E-state index contributed by atoms with van der Waals surface area (Å²) in [6, 6.07) is 6.81. The minimum atomic E-state index is -0.376. The first-order valence-corrected chi connectivity index (χ1v) is 7.60. The summed E-state index contributed by atoms with van der Waals surface area (Å²) in [4.78, 5) is 26.9. The number of hydrogen-bond donors (Lipinski definition) is 2. The van der Waals surface area contributed by atoms with Gasteiger partial charge in [0.15, 0.2) is 5.69 Å². The number of benzene rings is 1. The van der Waals surface area contributed by atoms with Gasteiger partial charge in [-0.15, -0.1) is 0 Å². The molecule has 1 aromatic carbocycles. The van der Waals surface area contributed by atoms with E-state index in [0.29, 0.717) is 22.7 Å². The number of aromatic nitrogens is 3. The third-order valence-corrected chi connectivity index (χ3v) is 3.76. The molecule has 1 amide bonds.